The fourth-order valence-electron chi connectivity index (χ4n) is 1.66. The van der Waals surface area contributed by atoms with E-state index >= 15 is 0 Å². The van der Waals surface area contributed by atoms with E-state index in [-0.39, 0.29) is 11.3 Å². The second kappa shape index (κ2) is 4.37. The number of rotatable bonds is 3. The van der Waals surface area contributed by atoms with Gasteiger partial charge in [0.15, 0.2) is 0 Å². The van der Waals surface area contributed by atoms with Crippen LogP contribution in [0.3, 0.4) is 0 Å². The average Bonchev–Trinajstić information content (AvgIpc) is 2.28. The highest BCUT2D eigenvalue weighted by Gasteiger charge is 2.13. The van der Waals surface area contributed by atoms with Gasteiger partial charge in [-0.3, -0.25) is 0 Å². The second-order valence-electron chi connectivity index (χ2n) is 3.34. The first-order valence-corrected chi connectivity index (χ1v) is 4.79. The summed E-state index contributed by atoms with van der Waals surface area (Å²) < 4.78 is 28.7. The molecule has 2 aromatic rings. The zero-order valence-corrected chi connectivity index (χ0v) is 8.56. The molecular formula is C12H8F2O3. The predicted octanol–water partition coefficient (Wildman–Crippen LogP) is 3.14. The third kappa shape index (κ3) is 2.18. The van der Waals surface area contributed by atoms with Crippen LogP contribution in [-0.2, 0) is 0 Å². The van der Waals surface area contributed by atoms with Crippen LogP contribution in [0.4, 0.5) is 8.78 Å². The van der Waals surface area contributed by atoms with Crippen molar-refractivity contribution in [2.24, 2.45) is 0 Å². The third-order valence-electron chi connectivity index (χ3n) is 2.33. The summed E-state index contributed by atoms with van der Waals surface area (Å²) in [5.74, 6) is -1.13. The summed E-state index contributed by atoms with van der Waals surface area (Å²) >= 11 is 0. The molecule has 0 radical (unpaired) electrons. The number of fused-ring (bicyclic) bond motifs is 1. The van der Waals surface area contributed by atoms with Crippen molar-refractivity contribution >= 4 is 16.7 Å². The number of hydrogen-bond acceptors (Lipinski definition) is 2. The molecule has 3 nitrogen and oxygen atoms in total. The number of carboxylic acids is 1. The van der Waals surface area contributed by atoms with E-state index in [1.165, 1.54) is 12.1 Å². The summed E-state index contributed by atoms with van der Waals surface area (Å²) in [5.41, 5.74) is 0.0576. The van der Waals surface area contributed by atoms with Gasteiger partial charge in [0.2, 0.25) is 0 Å². The Morgan fingerprint density at radius 3 is 2.35 bits per heavy atom. The number of halogens is 2. The number of alkyl halides is 2. The summed E-state index contributed by atoms with van der Waals surface area (Å²) in [4.78, 5) is 11.0. The Bertz CT molecular complexity index is 567. The molecule has 0 atom stereocenters. The Hall–Kier alpha value is -2.17. The van der Waals surface area contributed by atoms with E-state index in [1.54, 1.807) is 24.3 Å². The molecular weight excluding hydrogens is 230 g/mol. The average molecular weight is 238 g/mol. The summed E-state index contributed by atoms with van der Waals surface area (Å²) in [6, 6.07) is 8.85. The molecule has 0 heterocycles. The maximum atomic E-state index is 12.2. The fraction of sp³-hybridized carbons (Fsp3) is 0.0833. The number of hydrogen-bond donors (Lipinski definition) is 1. The highest BCUT2D eigenvalue weighted by Crippen LogP contribution is 2.29. The third-order valence-corrected chi connectivity index (χ3v) is 2.33. The van der Waals surface area contributed by atoms with Crippen LogP contribution in [0.15, 0.2) is 36.4 Å². The van der Waals surface area contributed by atoms with Gasteiger partial charge in [0, 0.05) is 5.39 Å². The SMILES string of the molecule is O=C(O)c1ccc(OC(F)F)c2ccccc12. The molecule has 0 unspecified atom stereocenters. The highest BCUT2D eigenvalue weighted by molar-refractivity contribution is 6.05. The molecule has 2 aromatic carbocycles. The lowest BCUT2D eigenvalue weighted by atomic mass is 10.0. The smallest absolute Gasteiger partial charge is 0.387 e. The van der Waals surface area contributed by atoms with Gasteiger partial charge in [-0.25, -0.2) is 4.79 Å². The maximum absolute atomic E-state index is 12.2. The van der Waals surface area contributed by atoms with Crippen LogP contribution in [0, 0.1) is 0 Å². The van der Waals surface area contributed by atoms with E-state index < -0.39 is 12.6 Å². The lowest BCUT2D eigenvalue weighted by molar-refractivity contribution is -0.0487. The van der Waals surface area contributed by atoms with Crippen LogP contribution >= 0.6 is 0 Å². The Labute approximate surface area is 95.2 Å². The van der Waals surface area contributed by atoms with Gasteiger partial charge in [0.25, 0.3) is 0 Å². The van der Waals surface area contributed by atoms with E-state index in [1.807, 2.05) is 0 Å². The van der Waals surface area contributed by atoms with Crippen molar-refractivity contribution in [3.8, 4) is 5.75 Å². The van der Waals surface area contributed by atoms with E-state index in [0.29, 0.717) is 10.8 Å². The van der Waals surface area contributed by atoms with Crippen molar-refractivity contribution in [3.63, 3.8) is 0 Å². The largest absolute Gasteiger partial charge is 0.478 e. The first kappa shape index (κ1) is 11.3. The second-order valence-corrected chi connectivity index (χ2v) is 3.34. The molecule has 17 heavy (non-hydrogen) atoms. The Morgan fingerprint density at radius 1 is 1.12 bits per heavy atom. The lowest BCUT2D eigenvalue weighted by Gasteiger charge is -2.09. The van der Waals surface area contributed by atoms with Crippen molar-refractivity contribution in [3.05, 3.63) is 42.0 Å². The quantitative estimate of drug-likeness (QED) is 0.893. The minimum absolute atomic E-state index is 0.0272. The van der Waals surface area contributed by atoms with E-state index in [0.717, 1.165) is 0 Å². The van der Waals surface area contributed by atoms with Gasteiger partial charge >= 0.3 is 12.6 Å². The molecule has 0 aromatic heterocycles. The zero-order valence-electron chi connectivity index (χ0n) is 8.56. The number of aromatic carboxylic acids is 1. The van der Waals surface area contributed by atoms with Gasteiger partial charge in [-0.2, -0.15) is 8.78 Å². The van der Waals surface area contributed by atoms with Gasteiger partial charge in [0.1, 0.15) is 5.75 Å². The predicted molar refractivity (Wildman–Crippen MR) is 57.5 cm³/mol. The van der Waals surface area contributed by atoms with E-state index in [9.17, 15) is 13.6 Å². The summed E-state index contributed by atoms with van der Waals surface area (Å²) in [6.45, 7) is -2.94. The normalized spacial score (nSPS) is 10.8. The first-order valence-electron chi connectivity index (χ1n) is 4.79. The van der Waals surface area contributed by atoms with Crippen molar-refractivity contribution in [1.29, 1.82) is 0 Å². The Kier molecular flexibility index (Phi) is 2.91. The molecule has 0 fully saturated rings. The number of carboxylic acid groups (broad SMARTS) is 1. The van der Waals surface area contributed by atoms with Crippen molar-refractivity contribution in [1.82, 2.24) is 0 Å². The fourth-order valence-corrected chi connectivity index (χ4v) is 1.66. The standard InChI is InChI=1S/C12H8F2O3/c13-12(14)17-10-6-5-9(11(15)16)7-3-1-2-4-8(7)10/h1-6,12H,(H,15,16). The van der Waals surface area contributed by atoms with Gasteiger partial charge in [-0.05, 0) is 17.5 Å². The molecule has 88 valence electrons. The van der Waals surface area contributed by atoms with Crippen molar-refractivity contribution < 1.29 is 23.4 Å². The van der Waals surface area contributed by atoms with Crippen LogP contribution in [-0.4, -0.2) is 17.7 Å². The van der Waals surface area contributed by atoms with Crippen molar-refractivity contribution in [2.75, 3.05) is 0 Å². The first-order chi connectivity index (χ1) is 8.09. The van der Waals surface area contributed by atoms with Crippen LogP contribution in [0.25, 0.3) is 10.8 Å². The molecule has 1 N–H and O–H groups in total. The van der Waals surface area contributed by atoms with E-state index in [2.05, 4.69) is 4.74 Å². The molecule has 0 saturated heterocycles. The molecule has 0 aliphatic carbocycles. The summed E-state index contributed by atoms with van der Waals surface area (Å²) in [7, 11) is 0. The van der Waals surface area contributed by atoms with Gasteiger partial charge in [-0.1, -0.05) is 24.3 Å². The Balaban J connectivity index is 2.66. The highest BCUT2D eigenvalue weighted by atomic mass is 19.3. The molecule has 0 bridgehead atoms. The minimum Gasteiger partial charge on any atom is -0.478 e. The topological polar surface area (TPSA) is 46.5 Å². The number of carbonyl (C=O) groups is 1. The molecule has 0 aliphatic heterocycles. The van der Waals surface area contributed by atoms with Crippen LogP contribution in [0.1, 0.15) is 10.4 Å². The Morgan fingerprint density at radius 2 is 1.76 bits per heavy atom. The molecule has 0 amide bonds. The van der Waals surface area contributed by atoms with E-state index in [4.69, 9.17) is 5.11 Å². The zero-order chi connectivity index (χ0) is 12.4. The van der Waals surface area contributed by atoms with Gasteiger partial charge in [-0.15, -0.1) is 0 Å². The maximum Gasteiger partial charge on any atom is 0.387 e. The number of benzene rings is 2. The molecule has 2 rings (SSSR count). The summed E-state index contributed by atoms with van der Waals surface area (Å²) in [6.07, 6.45) is 0. The molecule has 5 heteroatoms. The van der Waals surface area contributed by atoms with Crippen molar-refractivity contribution in [2.45, 2.75) is 6.61 Å². The molecule has 0 spiro atoms. The number of ether oxygens (including phenoxy) is 1. The van der Waals surface area contributed by atoms with Gasteiger partial charge in [0.05, 0.1) is 5.56 Å². The van der Waals surface area contributed by atoms with Crippen LogP contribution in [0.2, 0.25) is 0 Å². The van der Waals surface area contributed by atoms with Crippen LogP contribution < -0.4 is 4.74 Å². The van der Waals surface area contributed by atoms with Crippen LogP contribution in [0.5, 0.6) is 5.75 Å². The lowest BCUT2D eigenvalue weighted by Crippen LogP contribution is -2.04. The minimum atomic E-state index is -2.94. The monoisotopic (exact) mass is 238 g/mol. The summed E-state index contributed by atoms with van der Waals surface area (Å²) in [5, 5.41) is 9.69. The molecule has 0 aliphatic rings. The van der Waals surface area contributed by atoms with Gasteiger partial charge < -0.3 is 9.84 Å². The molecule has 0 saturated carbocycles.